The number of thiophene rings is 1. The molecule has 7 heteroatoms. The molecule has 0 saturated carbocycles. The molecule has 0 bridgehead atoms. The zero-order valence-electron chi connectivity index (χ0n) is 15.5. The lowest BCUT2D eigenvalue weighted by Gasteiger charge is -2.16. The molecule has 0 amide bonds. The van der Waals surface area contributed by atoms with Crippen LogP contribution in [-0.4, -0.2) is 33.8 Å². The summed E-state index contributed by atoms with van der Waals surface area (Å²) in [7, 11) is 0. The van der Waals surface area contributed by atoms with Crippen LogP contribution in [0.4, 0.5) is 0 Å². The van der Waals surface area contributed by atoms with Crippen molar-refractivity contribution in [2.75, 3.05) is 12.4 Å². The summed E-state index contributed by atoms with van der Waals surface area (Å²) >= 11 is 3.03. The number of fused-ring (bicyclic) bond motifs is 1. The summed E-state index contributed by atoms with van der Waals surface area (Å²) in [6.45, 7) is 1.29. The highest BCUT2D eigenvalue weighted by molar-refractivity contribution is 7.99. The number of hydrogen-bond donors (Lipinski definition) is 0. The fourth-order valence-electron chi connectivity index (χ4n) is 3.37. The number of hydrogen-bond acceptors (Lipinski definition) is 6. The Bertz CT molecular complexity index is 1010. The molecule has 1 aliphatic heterocycles. The zero-order chi connectivity index (χ0) is 19.3. The van der Waals surface area contributed by atoms with Gasteiger partial charge in [-0.25, -0.2) is 4.98 Å². The fourth-order valence-corrected chi connectivity index (χ4v) is 5.01. The van der Waals surface area contributed by atoms with Crippen LogP contribution in [0.15, 0.2) is 51.7 Å². The van der Waals surface area contributed by atoms with E-state index in [1.54, 1.807) is 16.3 Å². The van der Waals surface area contributed by atoms with Crippen LogP contribution in [0.2, 0.25) is 0 Å². The van der Waals surface area contributed by atoms with Crippen LogP contribution in [0.1, 0.15) is 35.4 Å². The Kier molecular flexibility index (Phi) is 6.24. The number of para-hydroxylation sites is 1. The average molecular weight is 415 g/mol. The highest BCUT2D eigenvalue weighted by atomic mass is 32.2. The van der Waals surface area contributed by atoms with Crippen molar-refractivity contribution >= 4 is 39.8 Å². The topological polar surface area (TPSA) is 61.2 Å². The van der Waals surface area contributed by atoms with E-state index in [0.717, 1.165) is 36.5 Å². The van der Waals surface area contributed by atoms with Gasteiger partial charge in [-0.15, -0.1) is 11.3 Å². The monoisotopic (exact) mass is 414 g/mol. The highest BCUT2D eigenvalue weighted by Gasteiger charge is 2.20. The van der Waals surface area contributed by atoms with Crippen molar-refractivity contribution in [3.8, 4) is 0 Å². The zero-order valence-corrected chi connectivity index (χ0v) is 17.1. The van der Waals surface area contributed by atoms with Gasteiger partial charge in [0.15, 0.2) is 10.9 Å². The number of benzene rings is 1. The van der Waals surface area contributed by atoms with Crippen molar-refractivity contribution in [2.24, 2.45) is 0 Å². The molecule has 0 spiro atoms. The third-order valence-corrected chi connectivity index (χ3v) is 6.79. The van der Waals surface area contributed by atoms with Gasteiger partial charge in [-0.3, -0.25) is 14.2 Å². The Morgan fingerprint density at radius 2 is 2.18 bits per heavy atom. The minimum atomic E-state index is -0.0155. The van der Waals surface area contributed by atoms with E-state index in [1.807, 2.05) is 41.8 Å². The largest absolute Gasteiger partial charge is 0.376 e. The second-order valence-corrected chi connectivity index (χ2v) is 8.82. The predicted octanol–water partition coefficient (Wildman–Crippen LogP) is 4.39. The summed E-state index contributed by atoms with van der Waals surface area (Å²) < 4.78 is 7.49. The molecule has 0 N–H and O–H groups in total. The minimum Gasteiger partial charge on any atom is -0.376 e. The van der Waals surface area contributed by atoms with Crippen LogP contribution in [0.5, 0.6) is 0 Å². The number of ether oxygens (including phenoxy) is 1. The lowest BCUT2D eigenvalue weighted by Crippen LogP contribution is -2.28. The van der Waals surface area contributed by atoms with Crippen molar-refractivity contribution in [1.29, 1.82) is 0 Å². The van der Waals surface area contributed by atoms with Crippen LogP contribution in [0.3, 0.4) is 0 Å². The van der Waals surface area contributed by atoms with Crippen LogP contribution >= 0.6 is 23.1 Å². The molecule has 0 aliphatic carbocycles. The SMILES string of the molecule is O=C(CCCSc1nc2ccccc2c(=O)n1CC1CCCO1)c1cccs1. The van der Waals surface area contributed by atoms with Crippen LogP contribution in [-0.2, 0) is 11.3 Å². The molecule has 1 aromatic carbocycles. The molecule has 5 nitrogen and oxygen atoms in total. The molecule has 4 rings (SSSR count). The number of carbonyl (C=O) groups excluding carboxylic acids is 1. The van der Waals surface area contributed by atoms with Gasteiger partial charge < -0.3 is 4.74 Å². The summed E-state index contributed by atoms with van der Waals surface area (Å²) in [5, 5.41) is 3.27. The van der Waals surface area contributed by atoms with Gasteiger partial charge in [0.05, 0.1) is 28.4 Å². The molecule has 0 radical (unpaired) electrons. The van der Waals surface area contributed by atoms with E-state index in [1.165, 1.54) is 11.3 Å². The van der Waals surface area contributed by atoms with Crippen molar-refractivity contribution in [3.63, 3.8) is 0 Å². The number of Topliss-reactive ketones (excluding diaryl/α,β-unsaturated/α-hetero) is 1. The van der Waals surface area contributed by atoms with Crippen molar-refractivity contribution < 1.29 is 9.53 Å². The lowest BCUT2D eigenvalue weighted by molar-refractivity contribution is 0.0937. The van der Waals surface area contributed by atoms with Gasteiger partial charge in [0, 0.05) is 18.8 Å². The summed E-state index contributed by atoms with van der Waals surface area (Å²) in [6, 6.07) is 11.2. The second kappa shape index (κ2) is 9.03. The Hall–Kier alpha value is -1.96. The van der Waals surface area contributed by atoms with E-state index in [-0.39, 0.29) is 17.4 Å². The quantitative estimate of drug-likeness (QED) is 0.237. The van der Waals surface area contributed by atoms with Crippen molar-refractivity contribution in [1.82, 2.24) is 9.55 Å². The van der Waals surface area contributed by atoms with Gasteiger partial charge in [0.25, 0.3) is 5.56 Å². The fraction of sp³-hybridized carbons (Fsp3) is 0.381. The molecular weight excluding hydrogens is 392 g/mol. The Balaban J connectivity index is 1.49. The first kappa shape index (κ1) is 19.4. The number of aromatic nitrogens is 2. The van der Waals surface area contributed by atoms with Gasteiger partial charge in [-0.1, -0.05) is 30.0 Å². The smallest absolute Gasteiger partial charge is 0.262 e. The van der Waals surface area contributed by atoms with Crippen LogP contribution < -0.4 is 5.56 Å². The molecule has 1 aliphatic rings. The van der Waals surface area contributed by atoms with Crippen molar-refractivity contribution in [3.05, 3.63) is 57.0 Å². The van der Waals surface area contributed by atoms with Crippen LogP contribution in [0, 0.1) is 0 Å². The minimum absolute atomic E-state index is 0.0155. The summed E-state index contributed by atoms with van der Waals surface area (Å²) in [5.74, 6) is 0.923. The number of ketones is 1. The lowest BCUT2D eigenvalue weighted by atomic mass is 10.2. The van der Waals surface area contributed by atoms with Gasteiger partial charge in [0.1, 0.15) is 0 Å². The maximum Gasteiger partial charge on any atom is 0.262 e. The van der Waals surface area contributed by atoms with E-state index in [2.05, 4.69) is 0 Å². The molecule has 3 aromatic rings. The number of carbonyl (C=O) groups is 1. The van der Waals surface area contributed by atoms with E-state index in [0.29, 0.717) is 29.0 Å². The number of thioether (sulfide) groups is 1. The second-order valence-electron chi connectivity index (χ2n) is 6.81. The molecule has 1 saturated heterocycles. The summed E-state index contributed by atoms with van der Waals surface area (Å²) in [6.07, 6.45) is 3.34. The van der Waals surface area contributed by atoms with E-state index < -0.39 is 0 Å². The Labute approximate surface area is 171 Å². The third kappa shape index (κ3) is 4.37. The summed E-state index contributed by atoms with van der Waals surface area (Å²) in [5.41, 5.74) is 0.700. The van der Waals surface area contributed by atoms with Gasteiger partial charge in [0.2, 0.25) is 0 Å². The van der Waals surface area contributed by atoms with Gasteiger partial charge in [-0.2, -0.15) is 0 Å². The maximum absolute atomic E-state index is 13.0. The molecule has 2 aromatic heterocycles. The Morgan fingerprint density at radius 1 is 1.29 bits per heavy atom. The highest BCUT2D eigenvalue weighted by Crippen LogP contribution is 2.22. The van der Waals surface area contributed by atoms with Gasteiger partial charge >= 0.3 is 0 Å². The molecule has 146 valence electrons. The maximum atomic E-state index is 13.0. The van der Waals surface area contributed by atoms with Crippen LogP contribution in [0.25, 0.3) is 10.9 Å². The number of rotatable bonds is 8. The first-order chi connectivity index (χ1) is 13.7. The first-order valence-corrected chi connectivity index (χ1v) is 11.4. The first-order valence-electron chi connectivity index (χ1n) is 9.53. The number of nitrogens with zero attached hydrogens (tertiary/aromatic N) is 2. The normalized spacial score (nSPS) is 16.6. The van der Waals surface area contributed by atoms with Crippen molar-refractivity contribution in [2.45, 2.75) is 43.5 Å². The average Bonchev–Trinajstić information content (AvgIpc) is 3.42. The Morgan fingerprint density at radius 3 is 2.96 bits per heavy atom. The molecule has 1 unspecified atom stereocenters. The summed E-state index contributed by atoms with van der Waals surface area (Å²) in [4.78, 5) is 30.7. The van der Waals surface area contributed by atoms with Gasteiger partial charge in [-0.05, 0) is 42.8 Å². The molecule has 1 fully saturated rings. The predicted molar refractivity (Wildman–Crippen MR) is 114 cm³/mol. The molecular formula is C21H22N2O3S2. The third-order valence-electron chi connectivity index (χ3n) is 4.81. The standard InChI is InChI=1S/C21H22N2O3S2/c24-18(19-10-5-12-27-19)9-4-13-28-21-22-17-8-2-1-7-16(17)20(25)23(21)14-15-6-3-11-26-15/h1-2,5,7-8,10,12,15H,3-4,6,9,11,13-14H2. The van der Waals surface area contributed by atoms with E-state index in [9.17, 15) is 9.59 Å². The van der Waals surface area contributed by atoms with E-state index in [4.69, 9.17) is 9.72 Å². The molecule has 1 atom stereocenters. The molecule has 28 heavy (non-hydrogen) atoms. The van der Waals surface area contributed by atoms with E-state index >= 15 is 0 Å². The molecule has 3 heterocycles.